The van der Waals surface area contributed by atoms with Crippen molar-refractivity contribution in [2.75, 3.05) is 0 Å². The van der Waals surface area contributed by atoms with Gasteiger partial charge >= 0.3 is 59.1 Å². The average Bonchev–Trinajstić information content (AvgIpc) is 0.918. The Bertz CT molecular complexity index is 8.75. The molecular formula is ArNa2O3. The Hall–Kier alpha value is 3.14. The first-order chi connectivity index (χ1) is 1.41. The fraction of sp³-hybridized carbons (Fsp3) is 0. The van der Waals surface area contributed by atoms with Crippen LogP contribution in [0.2, 0.25) is 0 Å². The second-order valence-electron chi connectivity index (χ2n) is 0.0680. The molecule has 28 valence electrons. The van der Waals surface area contributed by atoms with Crippen molar-refractivity contribution in [3.8, 4) is 0 Å². The van der Waals surface area contributed by atoms with E-state index in [0.717, 1.165) is 0 Å². The Morgan fingerprint density at radius 3 is 1.00 bits per heavy atom. The zero-order chi connectivity index (χ0) is 2.71. The Kier molecular flexibility index (Phi) is 92.5. The molecular weight excluding hydrogens is 134 g/mol. The molecule has 0 aromatic rings. The summed E-state index contributed by atoms with van der Waals surface area (Å²) in [5.41, 5.74) is 0. The molecule has 0 aliphatic rings. The second-order valence-corrected chi connectivity index (χ2v) is 0.0680. The van der Waals surface area contributed by atoms with Crippen LogP contribution in [0.5, 0.6) is 0 Å². The zero-order valence-corrected chi connectivity index (χ0v) is 8.29. The molecule has 6 heteroatoms. The molecule has 0 saturated heterocycles. The molecule has 0 aliphatic heterocycles. The van der Waals surface area contributed by atoms with Crippen LogP contribution in [-0.2, 0) is 5.04 Å². The van der Waals surface area contributed by atoms with Gasteiger partial charge in [-0.05, 0) is 0 Å². The number of hydrogen-bond donors (Lipinski definition) is 0. The van der Waals surface area contributed by atoms with Crippen molar-refractivity contribution in [3.05, 3.63) is 0 Å². The van der Waals surface area contributed by atoms with Gasteiger partial charge in [-0.2, -0.15) is 0 Å². The minimum absolute atomic E-state index is 0. The summed E-state index contributed by atoms with van der Waals surface area (Å²) < 4.78 is 0. The van der Waals surface area contributed by atoms with Crippen molar-refractivity contribution in [3.63, 3.8) is 0 Å². The molecule has 0 radical (unpaired) electrons. The van der Waals surface area contributed by atoms with Gasteiger partial charge in [0.15, 0.2) is 0 Å². The van der Waals surface area contributed by atoms with Gasteiger partial charge in [0.25, 0.3) is 0 Å². The van der Waals surface area contributed by atoms with Crippen LogP contribution >= 0.6 is 0 Å². The van der Waals surface area contributed by atoms with Gasteiger partial charge in [-0.3, -0.25) is 0 Å². The molecule has 0 bridgehead atoms. The molecule has 0 amide bonds. The summed E-state index contributed by atoms with van der Waals surface area (Å²) in [6.07, 6.45) is 0. The first-order valence-electron chi connectivity index (χ1n) is 0.333. The van der Waals surface area contributed by atoms with E-state index in [2.05, 4.69) is 0 Å². The van der Waals surface area contributed by atoms with Gasteiger partial charge in [-0.15, -0.1) is 0 Å². The van der Waals surface area contributed by atoms with Gasteiger partial charge in [0.1, 0.15) is 0 Å². The molecule has 0 unspecified atom stereocenters. The van der Waals surface area contributed by atoms with Crippen LogP contribution in [0.25, 0.3) is 0 Å². The van der Waals surface area contributed by atoms with Gasteiger partial charge < -0.3 is 15.6 Å². The van der Waals surface area contributed by atoms with Crippen molar-refractivity contribution in [1.29, 1.82) is 0 Å². The number of rotatable bonds is 0. The molecule has 0 rings (SSSR count). The summed E-state index contributed by atoms with van der Waals surface area (Å²) in [6.45, 7) is 0. The molecule has 0 aromatic carbocycles. The zero-order valence-electron chi connectivity index (χ0n) is 3.58. The normalized spacial score (nSPS) is 3.00. The Balaban J connectivity index is -0.00000000667. The van der Waals surface area contributed by atoms with Crippen molar-refractivity contribution in [2.24, 2.45) is 0 Å². The van der Waals surface area contributed by atoms with E-state index in [1.54, 1.807) is 5.04 Å². The van der Waals surface area contributed by atoms with E-state index in [1.807, 2.05) is 0 Å². The van der Waals surface area contributed by atoms with E-state index < -0.39 is 0 Å². The smallest absolute Gasteiger partial charge is 0.734 e. The van der Waals surface area contributed by atoms with E-state index in [1.165, 1.54) is 0 Å². The van der Waals surface area contributed by atoms with Crippen LogP contribution < -0.4 is 69.6 Å². The van der Waals surface area contributed by atoms with E-state index in [0.29, 0.717) is 0 Å². The molecule has 0 heterocycles. The Morgan fingerprint density at radius 2 is 1.00 bits per heavy atom. The molecule has 0 N–H and O–H groups in total. The van der Waals surface area contributed by atoms with Crippen LogP contribution in [0.1, 0.15) is 0 Å². The minimum atomic E-state index is 0. The molecule has 0 saturated carbocycles. The molecule has 0 aliphatic carbocycles. The van der Waals surface area contributed by atoms with Gasteiger partial charge in [-0.1, -0.05) is 0 Å². The summed E-state index contributed by atoms with van der Waals surface area (Å²) in [5, 5.41) is 17.5. The molecule has 0 spiro atoms. The van der Waals surface area contributed by atoms with Crippen molar-refractivity contribution in [1.82, 2.24) is 0 Å². The molecule has 0 aromatic heterocycles. The summed E-state index contributed by atoms with van der Waals surface area (Å²) in [7, 11) is 0. The summed E-state index contributed by atoms with van der Waals surface area (Å²) in [5.74, 6) is 0. The van der Waals surface area contributed by atoms with Crippen molar-refractivity contribution in [2.45, 2.75) is 0 Å². The van der Waals surface area contributed by atoms with Gasteiger partial charge in [0, 0.05) is 37.7 Å². The maximum absolute atomic E-state index is 7.88. The quantitative estimate of drug-likeness (QED) is 0.188. The summed E-state index contributed by atoms with van der Waals surface area (Å²) in [6, 6.07) is 0. The van der Waals surface area contributed by atoms with Gasteiger partial charge in [0.2, 0.25) is 0 Å². The van der Waals surface area contributed by atoms with E-state index in [-0.39, 0.29) is 96.9 Å². The third-order valence-electron chi connectivity index (χ3n) is 0. The van der Waals surface area contributed by atoms with E-state index in [4.69, 9.17) is 10.5 Å². The fourth-order valence-electron chi connectivity index (χ4n) is 0. The predicted molar refractivity (Wildman–Crippen MR) is 1.08 cm³/mol. The Labute approximate surface area is 110 Å². The third kappa shape index (κ3) is 27.3. The fourth-order valence-corrected chi connectivity index (χ4v) is 0. The van der Waals surface area contributed by atoms with Crippen LogP contribution in [0, 0.1) is 37.7 Å². The standard InChI is InChI=1S/Ar.2Na.H2O3/c;;;1-3-2/h;;;1-2H/q;2*+1;/p-2. The average molecular weight is 134 g/mol. The minimum Gasteiger partial charge on any atom is -0.734 e. The second kappa shape index (κ2) is 24.2. The van der Waals surface area contributed by atoms with Gasteiger partial charge in [-0.25, -0.2) is 0 Å². The van der Waals surface area contributed by atoms with E-state index in [9.17, 15) is 0 Å². The molecule has 6 heavy (non-hydrogen) atoms. The summed E-state index contributed by atoms with van der Waals surface area (Å²) in [4.78, 5) is 0. The molecule has 0 atom stereocenters. The van der Waals surface area contributed by atoms with E-state index >= 15 is 0 Å². The molecule has 0 fully saturated rings. The topological polar surface area (TPSA) is 55.3 Å². The number of hydrogen-bond acceptors (Lipinski definition) is 3. The monoisotopic (exact) mass is 134 g/mol. The maximum atomic E-state index is 7.88. The predicted octanol–water partition coefficient (Wildman–Crippen LogP) is -8.44. The van der Waals surface area contributed by atoms with Crippen molar-refractivity contribution >= 4 is 0 Å². The van der Waals surface area contributed by atoms with Crippen molar-refractivity contribution < 1.29 is 112 Å². The Morgan fingerprint density at radius 1 is 1.00 bits per heavy atom. The SMILES string of the molecule is [Ar].[Na+].[Na+].[O-]O[O-]. The van der Waals surface area contributed by atoms with Gasteiger partial charge in [0.05, 0.1) is 0 Å². The first kappa shape index (κ1) is 22.9. The van der Waals surface area contributed by atoms with Crippen LogP contribution in [-0.4, -0.2) is 0 Å². The van der Waals surface area contributed by atoms with Crippen LogP contribution in [0.3, 0.4) is 0 Å². The molecule has 3 nitrogen and oxygen atoms in total. The third-order valence-corrected chi connectivity index (χ3v) is 0. The van der Waals surface area contributed by atoms with Crippen LogP contribution in [0.15, 0.2) is 0 Å². The summed E-state index contributed by atoms with van der Waals surface area (Å²) >= 11 is 0. The van der Waals surface area contributed by atoms with Crippen LogP contribution in [0.4, 0.5) is 0 Å². The first-order valence-corrected chi connectivity index (χ1v) is 0.333. The maximum Gasteiger partial charge on any atom is 1.00 e. The largest absolute Gasteiger partial charge is 1.00 e.